The first-order chi connectivity index (χ1) is 9.16. The van der Waals surface area contributed by atoms with Crippen LogP contribution in [-0.4, -0.2) is 50.9 Å². The largest absolute Gasteiger partial charge is 0.478 e. The summed E-state index contributed by atoms with van der Waals surface area (Å²) in [5, 5.41) is 14.1. The molecule has 3 rings (SSSR count). The lowest BCUT2D eigenvalue weighted by Crippen LogP contribution is -2.31. The molecule has 1 fully saturated rings. The second-order valence-corrected chi connectivity index (χ2v) is 5.02. The predicted molar refractivity (Wildman–Crippen MR) is 70.3 cm³/mol. The summed E-state index contributed by atoms with van der Waals surface area (Å²) in [6.45, 7) is 2.06. The van der Waals surface area contributed by atoms with Crippen LogP contribution in [0.1, 0.15) is 29.2 Å². The fourth-order valence-electron chi connectivity index (χ4n) is 2.64. The summed E-state index contributed by atoms with van der Waals surface area (Å²) in [6.07, 6.45) is 5.20. The van der Waals surface area contributed by atoms with E-state index in [1.54, 1.807) is 12.4 Å². The Kier molecular flexibility index (Phi) is 2.94. The fraction of sp³-hybridized carbons (Fsp3) is 0.462. The van der Waals surface area contributed by atoms with Crippen molar-refractivity contribution in [3.63, 3.8) is 0 Å². The Morgan fingerprint density at radius 3 is 2.84 bits per heavy atom. The van der Waals surface area contributed by atoms with E-state index in [-0.39, 0.29) is 5.56 Å². The molecule has 0 atom stereocenters. The van der Waals surface area contributed by atoms with Crippen LogP contribution in [0, 0.1) is 0 Å². The van der Waals surface area contributed by atoms with Gasteiger partial charge in [-0.05, 0) is 39.0 Å². The minimum atomic E-state index is -0.935. The Bertz CT molecular complexity index is 614. The summed E-state index contributed by atoms with van der Waals surface area (Å²) < 4.78 is 1.88. The Balaban J connectivity index is 2.01. The molecule has 1 aliphatic rings. The third-order valence-electron chi connectivity index (χ3n) is 3.76. The monoisotopic (exact) mass is 260 g/mol. The van der Waals surface area contributed by atoms with Crippen LogP contribution in [0.2, 0.25) is 0 Å². The first-order valence-electron chi connectivity index (χ1n) is 6.41. The van der Waals surface area contributed by atoms with E-state index < -0.39 is 5.97 Å². The highest BCUT2D eigenvalue weighted by molar-refractivity contribution is 6.01. The second-order valence-electron chi connectivity index (χ2n) is 5.02. The van der Waals surface area contributed by atoms with Crippen molar-refractivity contribution in [3.05, 3.63) is 24.0 Å². The van der Waals surface area contributed by atoms with E-state index in [1.165, 1.54) is 6.07 Å². The number of aromatic carboxylic acids is 1. The van der Waals surface area contributed by atoms with Gasteiger partial charge in [0.15, 0.2) is 5.65 Å². The van der Waals surface area contributed by atoms with Crippen LogP contribution in [0.4, 0.5) is 0 Å². The number of carbonyl (C=O) groups is 1. The number of piperidine rings is 1. The number of carboxylic acids is 1. The molecule has 1 aliphatic heterocycles. The molecule has 6 nitrogen and oxygen atoms in total. The lowest BCUT2D eigenvalue weighted by Gasteiger charge is -2.29. The smallest absolute Gasteiger partial charge is 0.336 e. The Morgan fingerprint density at radius 1 is 1.42 bits per heavy atom. The molecule has 0 bridgehead atoms. The first kappa shape index (κ1) is 12.1. The molecule has 1 saturated heterocycles. The van der Waals surface area contributed by atoms with Crippen LogP contribution < -0.4 is 0 Å². The van der Waals surface area contributed by atoms with E-state index in [0.717, 1.165) is 25.9 Å². The molecule has 0 aromatic carbocycles. The van der Waals surface area contributed by atoms with Crippen molar-refractivity contribution >= 4 is 17.0 Å². The minimum Gasteiger partial charge on any atom is -0.478 e. The number of likely N-dealkylation sites (tertiary alicyclic amines) is 1. The molecule has 0 radical (unpaired) electrons. The van der Waals surface area contributed by atoms with Crippen molar-refractivity contribution in [2.75, 3.05) is 20.1 Å². The zero-order valence-corrected chi connectivity index (χ0v) is 10.8. The van der Waals surface area contributed by atoms with E-state index in [9.17, 15) is 4.79 Å². The molecule has 19 heavy (non-hydrogen) atoms. The van der Waals surface area contributed by atoms with E-state index in [4.69, 9.17) is 5.11 Å². The molecular weight excluding hydrogens is 244 g/mol. The van der Waals surface area contributed by atoms with Crippen LogP contribution in [-0.2, 0) is 0 Å². The zero-order valence-electron chi connectivity index (χ0n) is 10.8. The molecule has 0 amide bonds. The normalized spacial score (nSPS) is 17.9. The quantitative estimate of drug-likeness (QED) is 0.883. The number of rotatable bonds is 2. The van der Waals surface area contributed by atoms with Gasteiger partial charge in [0.05, 0.1) is 23.2 Å². The zero-order chi connectivity index (χ0) is 13.4. The Hall–Kier alpha value is -1.95. The number of hydrogen-bond acceptors (Lipinski definition) is 4. The van der Waals surface area contributed by atoms with Crippen molar-refractivity contribution in [3.8, 4) is 0 Å². The van der Waals surface area contributed by atoms with Crippen molar-refractivity contribution in [2.45, 2.75) is 18.9 Å². The molecule has 2 aromatic heterocycles. The van der Waals surface area contributed by atoms with E-state index in [0.29, 0.717) is 17.1 Å². The molecule has 6 heteroatoms. The average molecular weight is 260 g/mol. The topological polar surface area (TPSA) is 71.2 Å². The summed E-state index contributed by atoms with van der Waals surface area (Å²) in [7, 11) is 2.11. The number of pyridine rings is 1. The van der Waals surface area contributed by atoms with E-state index >= 15 is 0 Å². The van der Waals surface area contributed by atoms with Gasteiger partial charge in [0.25, 0.3) is 0 Å². The summed E-state index contributed by atoms with van der Waals surface area (Å²) >= 11 is 0. The van der Waals surface area contributed by atoms with Crippen LogP contribution >= 0.6 is 0 Å². The lowest BCUT2D eigenvalue weighted by molar-refractivity contribution is 0.0699. The van der Waals surface area contributed by atoms with Gasteiger partial charge in [-0.25, -0.2) is 14.5 Å². The Labute approximate surface area is 110 Å². The van der Waals surface area contributed by atoms with Gasteiger partial charge < -0.3 is 10.0 Å². The number of nitrogens with zero attached hydrogens (tertiary/aromatic N) is 4. The van der Waals surface area contributed by atoms with Gasteiger partial charge in [0.1, 0.15) is 0 Å². The van der Waals surface area contributed by atoms with Crippen molar-refractivity contribution in [1.29, 1.82) is 0 Å². The van der Waals surface area contributed by atoms with Gasteiger partial charge in [-0.2, -0.15) is 5.10 Å². The molecule has 100 valence electrons. The van der Waals surface area contributed by atoms with Crippen LogP contribution in [0.3, 0.4) is 0 Å². The summed E-state index contributed by atoms with van der Waals surface area (Å²) in [4.78, 5) is 17.8. The van der Waals surface area contributed by atoms with Crippen LogP contribution in [0.5, 0.6) is 0 Å². The average Bonchev–Trinajstić information content (AvgIpc) is 2.83. The van der Waals surface area contributed by atoms with E-state index in [2.05, 4.69) is 22.0 Å². The van der Waals surface area contributed by atoms with E-state index in [1.807, 2.05) is 4.68 Å². The SMILES string of the molecule is CN1CCC(n2ncc3c(C(=O)O)ccnc32)CC1. The highest BCUT2D eigenvalue weighted by Gasteiger charge is 2.22. The predicted octanol–water partition coefficient (Wildman–Crippen LogP) is 1.40. The van der Waals surface area contributed by atoms with Crippen molar-refractivity contribution in [1.82, 2.24) is 19.7 Å². The maximum Gasteiger partial charge on any atom is 0.336 e. The highest BCUT2D eigenvalue weighted by Crippen LogP contribution is 2.26. The molecule has 3 heterocycles. The first-order valence-corrected chi connectivity index (χ1v) is 6.41. The van der Waals surface area contributed by atoms with Crippen molar-refractivity contribution in [2.24, 2.45) is 0 Å². The lowest BCUT2D eigenvalue weighted by atomic mass is 10.1. The van der Waals surface area contributed by atoms with Gasteiger partial charge in [-0.15, -0.1) is 0 Å². The van der Waals surface area contributed by atoms with Gasteiger partial charge in [-0.3, -0.25) is 0 Å². The maximum absolute atomic E-state index is 11.2. The standard InChI is InChI=1S/C13H16N4O2/c1-16-6-3-9(4-7-16)17-12-11(8-15-17)10(13(18)19)2-5-14-12/h2,5,8-9H,3-4,6-7H2,1H3,(H,18,19). The number of hydrogen-bond donors (Lipinski definition) is 1. The van der Waals surface area contributed by atoms with Crippen molar-refractivity contribution < 1.29 is 9.90 Å². The molecule has 1 N–H and O–H groups in total. The number of aromatic nitrogens is 3. The molecule has 2 aromatic rings. The summed E-state index contributed by atoms with van der Waals surface area (Å²) in [6, 6.07) is 1.83. The molecular formula is C13H16N4O2. The highest BCUT2D eigenvalue weighted by atomic mass is 16.4. The number of carboxylic acid groups (broad SMARTS) is 1. The molecule has 0 aliphatic carbocycles. The van der Waals surface area contributed by atoms with Gasteiger partial charge in [-0.1, -0.05) is 0 Å². The molecule has 0 saturated carbocycles. The summed E-state index contributed by atoms with van der Waals surface area (Å²) in [5.74, 6) is -0.935. The van der Waals surface area contributed by atoms with Crippen LogP contribution in [0.15, 0.2) is 18.5 Å². The molecule has 0 spiro atoms. The number of fused-ring (bicyclic) bond motifs is 1. The van der Waals surface area contributed by atoms with Gasteiger partial charge >= 0.3 is 5.97 Å². The minimum absolute atomic E-state index is 0.268. The molecule has 0 unspecified atom stereocenters. The van der Waals surface area contributed by atoms with Gasteiger partial charge in [0, 0.05) is 6.20 Å². The second kappa shape index (κ2) is 4.62. The maximum atomic E-state index is 11.2. The summed E-state index contributed by atoms with van der Waals surface area (Å²) in [5.41, 5.74) is 0.943. The Morgan fingerprint density at radius 2 is 2.16 bits per heavy atom. The fourth-order valence-corrected chi connectivity index (χ4v) is 2.64. The van der Waals surface area contributed by atoms with Gasteiger partial charge in [0.2, 0.25) is 0 Å². The van der Waals surface area contributed by atoms with Crippen LogP contribution in [0.25, 0.3) is 11.0 Å². The third kappa shape index (κ3) is 2.08. The third-order valence-corrected chi connectivity index (χ3v) is 3.76.